The molecule has 0 amide bonds. The van der Waals surface area contributed by atoms with Gasteiger partial charge in [0.1, 0.15) is 0 Å². The van der Waals surface area contributed by atoms with E-state index in [9.17, 15) is 26.3 Å². The number of anilines is 2. The quantitative estimate of drug-likeness (QED) is 0.342. The van der Waals surface area contributed by atoms with Crippen LogP contribution in [0.4, 0.5) is 38.0 Å². The van der Waals surface area contributed by atoms with Crippen molar-refractivity contribution in [3.8, 4) is 0 Å². The van der Waals surface area contributed by atoms with Gasteiger partial charge in [0, 0.05) is 25.3 Å². The molecule has 228 valence electrons. The molecule has 1 fully saturated rings. The van der Waals surface area contributed by atoms with E-state index in [4.69, 9.17) is 0 Å². The smallest absolute Gasteiger partial charge is 0.371 e. The molecule has 0 spiro atoms. The monoisotopic (exact) mass is 595 g/mol. The zero-order chi connectivity index (χ0) is 30.2. The van der Waals surface area contributed by atoms with Gasteiger partial charge in [-0.2, -0.15) is 31.1 Å². The van der Waals surface area contributed by atoms with E-state index in [1.165, 1.54) is 4.80 Å². The zero-order valence-electron chi connectivity index (χ0n) is 23.9. The normalized spacial score (nSPS) is 18.6. The summed E-state index contributed by atoms with van der Waals surface area (Å²) < 4.78 is 82.2. The van der Waals surface area contributed by atoms with Crippen molar-refractivity contribution in [2.75, 3.05) is 36.0 Å². The number of tetrazole rings is 1. The summed E-state index contributed by atoms with van der Waals surface area (Å²) in [5, 5.41) is 15.8. The molecule has 0 unspecified atom stereocenters. The van der Waals surface area contributed by atoms with E-state index in [0.29, 0.717) is 12.3 Å². The Balaban J connectivity index is 1.60. The first-order chi connectivity index (χ1) is 19.8. The molecule has 2 aliphatic heterocycles. The molecule has 0 bridgehead atoms. The van der Waals surface area contributed by atoms with Gasteiger partial charge >= 0.3 is 12.4 Å². The predicted molar refractivity (Wildman–Crippen MR) is 147 cm³/mol. The van der Waals surface area contributed by atoms with Crippen molar-refractivity contribution in [3.05, 3.63) is 63.7 Å². The molecule has 5 rings (SSSR count). The molecule has 7 nitrogen and oxygen atoms in total. The minimum Gasteiger partial charge on any atom is -0.371 e. The summed E-state index contributed by atoms with van der Waals surface area (Å²) in [4.78, 5) is 5.35. The lowest BCUT2D eigenvalue weighted by molar-refractivity contribution is -0.143. The van der Waals surface area contributed by atoms with E-state index < -0.39 is 29.5 Å². The number of benzene rings is 2. The van der Waals surface area contributed by atoms with Gasteiger partial charge in [0.05, 0.1) is 24.2 Å². The molecular weight excluding hydrogens is 560 g/mol. The third-order valence-corrected chi connectivity index (χ3v) is 8.12. The van der Waals surface area contributed by atoms with Gasteiger partial charge in [0.25, 0.3) is 5.95 Å². The summed E-state index contributed by atoms with van der Waals surface area (Å²) in [6.45, 7) is 7.41. The third-order valence-electron chi connectivity index (χ3n) is 8.12. The summed E-state index contributed by atoms with van der Waals surface area (Å²) in [7, 11) is 1.57. The van der Waals surface area contributed by atoms with Gasteiger partial charge < -0.3 is 15.1 Å². The van der Waals surface area contributed by atoms with Gasteiger partial charge in [-0.3, -0.25) is 0 Å². The fourth-order valence-electron chi connectivity index (χ4n) is 6.32. The first-order valence-corrected chi connectivity index (χ1v) is 14.2. The van der Waals surface area contributed by atoms with Crippen LogP contribution in [0.25, 0.3) is 0 Å². The second-order valence-electron chi connectivity index (χ2n) is 11.4. The van der Waals surface area contributed by atoms with Crippen LogP contribution in [-0.2, 0) is 25.9 Å². The van der Waals surface area contributed by atoms with Crippen LogP contribution < -0.4 is 15.1 Å². The van der Waals surface area contributed by atoms with Crippen molar-refractivity contribution in [1.82, 2.24) is 25.5 Å². The fourth-order valence-corrected chi connectivity index (χ4v) is 6.32. The highest BCUT2D eigenvalue weighted by Gasteiger charge is 2.38. The maximum atomic E-state index is 13.7. The molecule has 1 aromatic heterocycles. The van der Waals surface area contributed by atoms with E-state index in [1.807, 2.05) is 6.92 Å². The van der Waals surface area contributed by atoms with Crippen LogP contribution in [0.3, 0.4) is 0 Å². The molecule has 0 radical (unpaired) electrons. The van der Waals surface area contributed by atoms with E-state index in [1.54, 1.807) is 11.9 Å². The number of hydrogen-bond donors (Lipinski definition) is 1. The maximum absolute atomic E-state index is 13.7. The summed E-state index contributed by atoms with van der Waals surface area (Å²) in [6, 6.07) is 5.50. The molecule has 2 aromatic carbocycles. The van der Waals surface area contributed by atoms with Crippen LogP contribution in [0, 0.1) is 19.8 Å². The van der Waals surface area contributed by atoms with Crippen molar-refractivity contribution in [2.45, 2.75) is 64.5 Å². The van der Waals surface area contributed by atoms with Gasteiger partial charge in [-0.1, -0.05) is 22.8 Å². The first-order valence-electron chi connectivity index (χ1n) is 14.2. The average Bonchev–Trinajstić information content (AvgIpc) is 3.26. The van der Waals surface area contributed by atoms with E-state index >= 15 is 0 Å². The van der Waals surface area contributed by atoms with E-state index in [0.717, 1.165) is 80.0 Å². The Morgan fingerprint density at radius 2 is 1.60 bits per heavy atom. The van der Waals surface area contributed by atoms with Crippen LogP contribution in [0.5, 0.6) is 0 Å². The summed E-state index contributed by atoms with van der Waals surface area (Å²) in [6.07, 6.45) is -6.34. The summed E-state index contributed by atoms with van der Waals surface area (Å²) in [5.41, 5.74) is 1.30. The van der Waals surface area contributed by atoms with Crippen molar-refractivity contribution in [1.29, 1.82) is 0 Å². The number of aromatic nitrogens is 4. The molecule has 42 heavy (non-hydrogen) atoms. The lowest BCUT2D eigenvalue weighted by Gasteiger charge is -2.35. The number of fused-ring (bicyclic) bond motifs is 1. The maximum Gasteiger partial charge on any atom is 0.416 e. The molecule has 1 atom stereocenters. The Morgan fingerprint density at radius 1 is 0.929 bits per heavy atom. The van der Waals surface area contributed by atoms with Crippen LogP contribution >= 0.6 is 0 Å². The number of halogens is 6. The Bertz CT molecular complexity index is 1360. The van der Waals surface area contributed by atoms with Crippen LogP contribution in [0.2, 0.25) is 0 Å². The molecule has 13 heteroatoms. The third kappa shape index (κ3) is 6.66. The minimum absolute atomic E-state index is 0.133. The van der Waals surface area contributed by atoms with Crippen molar-refractivity contribution >= 4 is 11.6 Å². The highest BCUT2D eigenvalue weighted by atomic mass is 19.4. The lowest BCUT2D eigenvalue weighted by atomic mass is 9.93. The number of hydrogen-bond acceptors (Lipinski definition) is 6. The molecule has 3 heterocycles. The molecule has 1 saturated heterocycles. The molecule has 3 aromatic rings. The summed E-state index contributed by atoms with van der Waals surface area (Å²) >= 11 is 0. The topological polar surface area (TPSA) is 62.1 Å². The van der Waals surface area contributed by atoms with Crippen molar-refractivity contribution < 1.29 is 26.3 Å². The Morgan fingerprint density at radius 3 is 2.19 bits per heavy atom. The number of piperidine rings is 1. The molecule has 1 N–H and O–H groups in total. The second-order valence-corrected chi connectivity index (χ2v) is 11.4. The van der Waals surface area contributed by atoms with Gasteiger partial charge in [-0.15, -0.1) is 5.10 Å². The zero-order valence-corrected chi connectivity index (χ0v) is 23.9. The highest BCUT2D eigenvalue weighted by Crippen LogP contribution is 2.43. The van der Waals surface area contributed by atoms with Crippen LogP contribution in [-0.4, -0.2) is 46.4 Å². The van der Waals surface area contributed by atoms with Crippen LogP contribution in [0.15, 0.2) is 30.3 Å². The second kappa shape index (κ2) is 11.7. The van der Waals surface area contributed by atoms with E-state index in [-0.39, 0.29) is 24.1 Å². The lowest BCUT2D eigenvalue weighted by Crippen LogP contribution is -2.37. The standard InChI is InChI=1S/C29H35F6N7/c1-18-11-19(2)26-24(12-18)25(5-4-10-41(26)16-20-6-8-36-9-7-20)42(27-37-39-40(3)38-27)17-21-13-22(28(30,31)32)15-23(14-21)29(33,34)35/h11-15,20,25,36H,4-10,16-17H2,1-3H3/t25-/m0/s1. The number of alkyl halides is 6. The van der Waals surface area contributed by atoms with Crippen LogP contribution in [0.1, 0.15) is 65.1 Å². The SMILES string of the molecule is Cc1cc(C)c2c(c1)[C@@H](N(Cc1cc(C(F)(F)F)cc(C(F)(F)F)c1)c1nnn(C)n1)CCCN2CC1CCNCC1. The van der Waals surface area contributed by atoms with Gasteiger partial charge in [-0.05, 0) is 98.6 Å². The number of nitrogens with one attached hydrogen (secondary N) is 1. The number of aryl methyl sites for hydroxylation is 3. The largest absolute Gasteiger partial charge is 0.416 e. The molecule has 0 aliphatic carbocycles. The van der Waals surface area contributed by atoms with Gasteiger partial charge in [-0.25, -0.2) is 0 Å². The molecule has 0 saturated carbocycles. The van der Waals surface area contributed by atoms with Gasteiger partial charge in [0.15, 0.2) is 0 Å². The minimum atomic E-state index is -4.94. The fraction of sp³-hybridized carbons (Fsp3) is 0.552. The Kier molecular flexibility index (Phi) is 8.41. The Labute approximate surface area is 240 Å². The molecule has 2 aliphatic rings. The van der Waals surface area contributed by atoms with Crippen molar-refractivity contribution in [2.24, 2.45) is 13.0 Å². The average molecular weight is 596 g/mol. The molecular formula is C29H35F6N7. The van der Waals surface area contributed by atoms with E-state index in [2.05, 4.69) is 44.7 Å². The predicted octanol–water partition coefficient (Wildman–Crippen LogP) is 6.21. The van der Waals surface area contributed by atoms with Gasteiger partial charge in [0.2, 0.25) is 0 Å². The first kappa shape index (κ1) is 30.1. The highest BCUT2D eigenvalue weighted by molar-refractivity contribution is 5.64. The summed E-state index contributed by atoms with van der Waals surface area (Å²) in [5.74, 6) is 0.672. The number of rotatable bonds is 6. The Hall–Kier alpha value is -3.35. The number of nitrogens with zero attached hydrogens (tertiary/aromatic N) is 6. The van der Waals surface area contributed by atoms with Crippen molar-refractivity contribution in [3.63, 3.8) is 0 Å².